The summed E-state index contributed by atoms with van der Waals surface area (Å²) in [5.41, 5.74) is -0.823. The number of carbonyl (C=O) groups is 1. The van der Waals surface area contributed by atoms with Crippen LogP contribution in [0.3, 0.4) is 0 Å². The summed E-state index contributed by atoms with van der Waals surface area (Å²) >= 11 is 0. The van der Waals surface area contributed by atoms with Crippen LogP contribution in [-0.4, -0.2) is 17.6 Å². The molecule has 2 rings (SSSR count). The number of hydrogen-bond acceptors (Lipinski definition) is 3. The summed E-state index contributed by atoms with van der Waals surface area (Å²) in [5.74, 6) is 0.125. The maximum Gasteiger partial charge on any atom is 0.417 e. The lowest BCUT2D eigenvalue weighted by Gasteiger charge is -2.18. The van der Waals surface area contributed by atoms with Crippen LogP contribution in [0.4, 0.5) is 13.2 Å². The monoisotopic (exact) mass is 368 g/mol. The highest BCUT2D eigenvalue weighted by Crippen LogP contribution is 2.28. The van der Waals surface area contributed by atoms with Gasteiger partial charge in [0.1, 0.15) is 12.3 Å². The lowest BCUT2D eigenvalue weighted by Crippen LogP contribution is -2.34. The van der Waals surface area contributed by atoms with Gasteiger partial charge in [-0.3, -0.25) is 9.59 Å². The maximum absolute atomic E-state index is 12.8. The van der Waals surface area contributed by atoms with Gasteiger partial charge in [0.2, 0.25) is 5.91 Å². The van der Waals surface area contributed by atoms with Crippen LogP contribution in [0.2, 0.25) is 0 Å². The molecular formula is C18H19F3N2O3. The quantitative estimate of drug-likeness (QED) is 0.852. The molecule has 0 saturated carbocycles. The number of nitrogens with one attached hydrogen (secondary N) is 1. The van der Waals surface area contributed by atoms with E-state index in [9.17, 15) is 22.8 Å². The standard InChI is InChI=1S/C18H19F3N2O3/c1-3-15(12-4-7-14(26-2)8-5-12)22-16(24)11-23-10-13(18(19,20)21)6-9-17(23)25/h4-10,15H,3,11H2,1-2H3,(H,22,24). The van der Waals surface area contributed by atoms with E-state index in [1.807, 2.05) is 6.92 Å². The van der Waals surface area contributed by atoms with E-state index in [-0.39, 0.29) is 6.04 Å². The smallest absolute Gasteiger partial charge is 0.417 e. The molecule has 0 saturated heterocycles. The summed E-state index contributed by atoms with van der Waals surface area (Å²) in [7, 11) is 1.54. The van der Waals surface area contributed by atoms with Gasteiger partial charge in [-0.2, -0.15) is 13.2 Å². The Bertz CT molecular complexity index is 814. The predicted octanol–water partition coefficient (Wildman–Crippen LogP) is 3.14. The van der Waals surface area contributed by atoms with Gasteiger partial charge in [0.25, 0.3) is 5.56 Å². The van der Waals surface area contributed by atoms with Crippen LogP contribution in [0.5, 0.6) is 5.75 Å². The third-order valence-electron chi connectivity index (χ3n) is 3.89. The van der Waals surface area contributed by atoms with Crippen LogP contribution in [0.25, 0.3) is 0 Å². The first-order valence-corrected chi connectivity index (χ1v) is 7.95. The van der Waals surface area contributed by atoms with E-state index < -0.39 is 29.8 Å². The van der Waals surface area contributed by atoms with Crippen LogP contribution in [0.15, 0.2) is 47.4 Å². The summed E-state index contributed by atoms with van der Waals surface area (Å²) in [6, 6.07) is 8.27. The number of amides is 1. The van der Waals surface area contributed by atoms with E-state index in [0.29, 0.717) is 24.4 Å². The Morgan fingerprint density at radius 3 is 2.38 bits per heavy atom. The number of carbonyl (C=O) groups excluding carboxylic acids is 1. The highest BCUT2D eigenvalue weighted by atomic mass is 19.4. The minimum absolute atomic E-state index is 0.324. The van der Waals surface area contributed by atoms with E-state index in [4.69, 9.17) is 4.74 Å². The molecule has 2 aromatic rings. The third kappa shape index (κ3) is 4.87. The summed E-state index contributed by atoms with van der Waals surface area (Å²) in [6.07, 6.45) is -3.35. The second kappa shape index (κ2) is 8.07. The normalized spacial score (nSPS) is 12.5. The molecule has 0 aliphatic rings. The van der Waals surface area contributed by atoms with Gasteiger partial charge >= 0.3 is 6.18 Å². The first-order chi connectivity index (χ1) is 12.2. The molecule has 1 heterocycles. The summed E-state index contributed by atoms with van der Waals surface area (Å²) in [5, 5.41) is 2.73. The predicted molar refractivity (Wildman–Crippen MR) is 89.9 cm³/mol. The number of nitrogens with zero attached hydrogens (tertiary/aromatic N) is 1. The van der Waals surface area contributed by atoms with E-state index >= 15 is 0 Å². The fourth-order valence-corrected chi connectivity index (χ4v) is 2.47. The van der Waals surface area contributed by atoms with E-state index in [2.05, 4.69) is 5.32 Å². The zero-order chi connectivity index (χ0) is 19.3. The molecule has 1 aromatic carbocycles. The second-order valence-corrected chi connectivity index (χ2v) is 5.68. The lowest BCUT2D eigenvalue weighted by molar-refractivity contribution is -0.138. The number of hydrogen-bond donors (Lipinski definition) is 1. The maximum atomic E-state index is 12.8. The highest BCUT2D eigenvalue weighted by Gasteiger charge is 2.31. The van der Waals surface area contributed by atoms with Gasteiger partial charge in [-0.25, -0.2) is 0 Å². The van der Waals surface area contributed by atoms with Gasteiger partial charge in [0, 0.05) is 12.3 Å². The summed E-state index contributed by atoms with van der Waals surface area (Å²) < 4.78 is 44.1. The van der Waals surface area contributed by atoms with E-state index in [0.717, 1.165) is 16.2 Å². The van der Waals surface area contributed by atoms with Gasteiger partial charge in [-0.05, 0) is 30.2 Å². The minimum Gasteiger partial charge on any atom is -0.497 e. The van der Waals surface area contributed by atoms with Crippen molar-refractivity contribution in [1.82, 2.24) is 9.88 Å². The number of benzene rings is 1. The summed E-state index contributed by atoms with van der Waals surface area (Å²) in [6.45, 7) is 1.38. The Hall–Kier alpha value is -2.77. The molecule has 0 fully saturated rings. The second-order valence-electron chi connectivity index (χ2n) is 5.68. The molecule has 1 amide bonds. The van der Waals surface area contributed by atoms with Crippen molar-refractivity contribution in [2.75, 3.05) is 7.11 Å². The highest BCUT2D eigenvalue weighted by molar-refractivity contribution is 5.76. The number of aromatic nitrogens is 1. The Kier molecular flexibility index (Phi) is 6.07. The van der Waals surface area contributed by atoms with Crippen LogP contribution >= 0.6 is 0 Å². The number of halogens is 3. The van der Waals surface area contributed by atoms with Crippen molar-refractivity contribution in [3.8, 4) is 5.75 Å². The molecule has 0 bridgehead atoms. The van der Waals surface area contributed by atoms with E-state index in [1.165, 1.54) is 0 Å². The van der Waals surface area contributed by atoms with Crippen molar-refractivity contribution in [1.29, 1.82) is 0 Å². The van der Waals surface area contributed by atoms with Crippen molar-refractivity contribution in [2.24, 2.45) is 0 Å². The molecule has 1 aromatic heterocycles. The number of ether oxygens (including phenoxy) is 1. The van der Waals surface area contributed by atoms with E-state index in [1.54, 1.807) is 31.4 Å². The molecule has 0 aliphatic carbocycles. The van der Waals surface area contributed by atoms with Gasteiger partial charge in [-0.1, -0.05) is 19.1 Å². The Balaban J connectivity index is 2.12. The molecular weight excluding hydrogens is 349 g/mol. The van der Waals surface area contributed by atoms with Gasteiger partial charge < -0.3 is 14.6 Å². The van der Waals surface area contributed by atoms with Crippen molar-refractivity contribution in [3.05, 3.63) is 64.1 Å². The Morgan fingerprint density at radius 1 is 1.19 bits per heavy atom. The van der Waals surface area contributed by atoms with Crippen LogP contribution in [-0.2, 0) is 17.5 Å². The topological polar surface area (TPSA) is 60.3 Å². The van der Waals surface area contributed by atoms with Crippen LogP contribution < -0.4 is 15.6 Å². The van der Waals surface area contributed by atoms with Crippen LogP contribution in [0.1, 0.15) is 30.5 Å². The van der Waals surface area contributed by atoms with Crippen LogP contribution in [0, 0.1) is 0 Å². The molecule has 1 N–H and O–H groups in total. The minimum atomic E-state index is -4.58. The molecule has 8 heteroatoms. The first kappa shape index (κ1) is 19.6. The fraction of sp³-hybridized carbons (Fsp3) is 0.333. The SMILES string of the molecule is CCC(NC(=O)Cn1cc(C(F)(F)F)ccc1=O)c1ccc(OC)cc1. The Morgan fingerprint density at radius 2 is 1.85 bits per heavy atom. The van der Waals surface area contributed by atoms with Crippen molar-refractivity contribution in [3.63, 3.8) is 0 Å². The average Bonchev–Trinajstić information content (AvgIpc) is 2.60. The molecule has 0 aliphatic heterocycles. The number of rotatable bonds is 6. The van der Waals surface area contributed by atoms with Gasteiger partial charge in [0.05, 0.1) is 18.7 Å². The van der Waals surface area contributed by atoms with Gasteiger partial charge in [0.15, 0.2) is 0 Å². The molecule has 1 unspecified atom stereocenters. The molecule has 0 spiro atoms. The van der Waals surface area contributed by atoms with Crippen molar-refractivity contribution in [2.45, 2.75) is 32.1 Å². The molecule has 0 radical (unpaired) electrons. The largest absolute Gasteiger partial charge is 0.497 e. The first-order valence-electron chi connectivity index (χ1n) is 7.95. The Labute approximate surface area is 148 Å². The lowest BCUT2D eigenvalue weighted by atomic mass is 10.0. The van der Waals surface area contributed by atoms with Crippen molar-refractivity contribution < 1.29 is 22.7 Å². The zero-order valence-corrected chi connectivity index (χ0v) is 14.3. The zero-order valence-electron chi connectivity index (χ0n) is 14.3. The average molecular weight is 368 g/mol. The summed E-state index contributed by atoms with van der Waals surface area (Å²) in [4.78, 5) is 23.9. The van der Waals surface area contributed by atoms with Gasteiger partial charge in [-0.15, -0.1) is 0 Å². The number of methoxy groups -OCH3 is 1. The molecule has 140 valence electrons. The number of alkyl halides is 3. The fourth-order valence-electron chi connectivity index (χ4n) is 2.47. The molecule has 1 atom stereocenters. The molecule has 5 nitrogen and oxygen atoms in total. The third-order valence-corrected chi connectivity index (χ3v) is 3.89. The number of pyridine rings is 1. The van der Waals surface area contributed by atoms with Crippen molar-refractivity contribution >= 4 is 5.91 Å². The molecule has 26 heavy (non-hydrogen) atoms.